The quantitative estimate of drug-likeness (QED) is 0.0460. The molecule has 0 heterocycles. The van der Waals surface area contributed by atoms with Gasteiger partial charge in [0, 0.05) is 36.9 Å². The van der Waals surface area contributed by atoms with Crippen LogP contribution in [0, 0.1) is 46.9 Å². The van der Waals surface area contributed by atoms with Gasteiger partial charge in [-0.05, 0) is 104 Å². The minimum atomic E-state index is -1.95. The maximum atomic E-state index is 14.2. The van der Waals surface area contributed by atoms with Gasteiger partial charge in [0.1, 0.15) is 19.0 Å². The minimum absolute atomic E-state index is 0.0741. The van der Waals surface area contributed by atoms with Gasteiger partial charge in [-0.1, -0.05) is 67.2 Å². The van der Waals surface area contributed by atoms with Gasteiger partial charge in [0.05, 0.1) is 10.8 Å². The zero-order chi connectivity index (χ0) is 45.1. The third-order valence-electron chi connectivity index (χ3n) is 9.68. The summed E-state index contributed by atoms with van der Waals surface area (Å²) in [7, 11) is -3.78. The van der Waals surface area contributed by atoms with Crippen molar-refractivity contribution in [1.29, 1.82) is 0 Å². The highest BCUT2D eigenvalue weighted by Gasteiger charge is 2.40. The van der Waals surface area contributed by atoms with E-state index in [0.29, 0.717) is 13.0 Å². The molecule has 0 radical (unpaired) electrons. The number of carbonyl (C=O) groups excluding carboxylic acids is 3. The number of aldehydes is 1. The molecule has 0 aliphatic carbocycles. The molecule has 0 spiro atoms. The van der Waals surface area contributed by atoms with Crippen LogP contribution in [0.3, 0.4) is 0 Å². The van der Waals surface area contributed by atoms with Crippen molar-refractivity contribution in [2.45, 2.75) is 178 Å². The van der Waals surface area contributed by atoms with Crippen LogP contribution in [0.5, 0.6) is 0 Å². The van der Waals surface area contributed by atoms with Gasteiger partial charge < -0.3 is 23.4 Å². The number of rotatable bonds is 14. The van der Waals surface area contributed by atoms with Crippen LogP contribution >= 0.6 is 0 Å². The first kappa shape index (κ1) is 57.7. The molecule has 0 bridgehead atoms. The van der Waals surface area contributed by atoms with Gasteiger partial charge in [-0.2, -0.15) is 0 Å². The maximum Gasteiger partial charge on any atom is 0.311 e. The van der Waals surface area contributed by atoms with Gasteiger partial charge in [0.2, 0.25) is 0 Å². The molecule has 0 saturated heterocycles. The van der Waals surface area contributed by atoms with Crippen molar-refractivity contribution in [2.75, 3.05) is 13.2 Å². The van der Waals surface area contributed by atoms with Crippen LogP contribution in [0.4, 0.5) is 8.78 Å². The summed E-state index contributed by atoms with van der Waals surface area (Å²) in [6.45, 7) is 40.4. The summed E-state index contributed by atoms with van der Waals surface area (Å²) in [6.07, 6.45) is 6.91. The number of terminal acetylenes is 1. The molecule has 0 saturated carbocycles. The van der Waals surface area contributed by atoms with E-state index in [1.807, 2.05) is 48.5 Å². The molecule has 0 aromatic heterocycles. The number of aliphatic hydroxyl groups is 1. The second-order valence-corrected chi connectivity index (χ2v) is 28.8. The predicted octanol–water partition coefficient (Wildman–Crippen LogP) is 10.9. The second-order valence-electron chi connectivity index (χ2n) is 19.3. The summed E-state index contributed by atoms with van der Waals surface area (Å²) < 4.78 is 49.4. The Balaban J connectivity index is -0.000000846. The maximum absolute atomic E-state index is 14.2. The van der Waals surface area contributed by atoms with Crippen molar-refractivity contribution in [2.24, 2.45) is 22.7 Å². The molecular weight excluding hydrogens is 751 g/mol. The Bertz CT molecular complexity index is 1380. The van der Waals surface area contributed by atoms with Crippen molar-refractivity contribution in [3.63, 3.8) is 0 Å². The number of aliphatic hydroxyl groups excluding tert-OH is 1. The van der Waals surface area contributed by atoms with Crippen LogP contribution in [0.25, 0.3) is 0 Å². The van der Waals surface area contributed by atoms with Crippen molar-refractivity contribution < 1.29 is 46.6 Å². The summed E-state index contributed by atoms with van der Waals surface area (Å²) in [6, 6.07) is 0. The van der Waals surface area contributed by atoms with E-state index in [4.69, 9.17) is 24.7 Å². The average Bonchev–Trinajstić information content (AvgIpc) is 3.02. The fraction of sp³-hybridized carbons (Fsp3) is 0.750. The smallest absolute Gasteiger partial charge is 0.311 e. The van der Waals surface area contributed by atoms with Crippen LogP contribution < -0.4 is 0 Å². The van der Waals surface area contributed by atoms with Crippen LogP contribution in [-0.2, 0) is 32.7 Å². The third-order valence-corrected chi connectivity index (χ3v) is 18.8. The molecule has 8 nitrogen and oxygen atoms in total. The molecule has 12 heteroatoms. The molecule has 0 unspecified atom stereocenters. The van der Waals surface area contributed by atoms with E-state index < -0.39 is 45.2 Å². The molecule has 0 aromatic rings. The van der Waals surface area contributed by atoms with E-state index >= 15 is 0 Å². The van der Waals surface area contributed by atoms with E-state index in [0.717, 1.165) is 0 Å². The number of carbonyl (C=O) groups is 3. The monoisotopic (exact) mass is 829 g/mol. The molecule has 0 aliphatic heterocycles. The lowest BCUT2D eigenvalue weighted by atomic mass is 9.97. The summed E-state index contributed by atoms with van der Waals surface area (Å²) in [5, 5.41) is 10.1. The van der Waals surface area contributed by atoms with E-state index in [1.165, 1.54) is 12.2 Å². The Morgan fingerprint density at radius 3 is 1.38 bits per heavy atom. The molecule has 1 N–H and O–H groups in total. The molecule has 0 rings (SSSR count). The summed E-state index contributed by atoms with van der Waals surface area (Å²) in [5.74, 6) is 5.28. The van der Waals surface area contributed by atoms with E-state index in [-0.39, 0.29) is 65.4 Å². The first-order valence-corrected chi connectivity index (χ1v) is 25.3. The normalized spacial score (nSPS) is 15.8. The van der Waals surface area contributed by atoms with Crippen LogP contribution in [0.15, 0.2) is 23.8 Å². The van der Waals surface area contributed by atoms with Crippen LogP contribution in [-0.4, -0.2) is 71.5 Å². The van der Waals surface area contributed by atoms with Crippen LogP contribution in [0.2, 0.25) is 36.3 Å². The van der Waals surface area contributed by atoms with E-state index in [2.05, 4.69) is 85.5 Å². The molecule has 0 amide bonds. The Morgan fingerprint density at radius 1 is 0.696 bits per heavy atom. The number of esters is 2. The van der Waals surface area contributed by atoms with E-state index in [9.17, 15) is 28.3 Å². The lowest BCUT2D eigenvalue weighted by Gasteiger charge is -2.39. The number of allylic oxidation sites excluding steroid dienone is 1. The number of ether oxygens (including phenoxy) is 2. The average molecular weight is 829 g/mol. The third kappa shape index (κ3) is 24.9. The zero-order valence-electron chi connectivity index (χ0n) is 38.6. The highest BCUT2D eigenvalue weighted by atomic mass is 28.4. The van der Waals surface area contributed by atoms with Gasteiger partial charge in [-0.15, -0.1) is 12.3 Å². The summed E-state index contributed by atoms with van der Waals surface area (Å²) in [4.78, 5) is 32.9. The van der Waals surface area contributed by atoms with Gasteiger partial charge in [-0.3, -0.25) is 14.4 Å². The van der Waals surface area contributed by atoms with Gasteiger partial charge >= 0.3 is 11.9 Å². The molecule has 5 atom stereocenters. The van der Waals surface area contributed by atoms with Crippen LogP contribution in [0.1, 0.15) is 124 Å². The standard InChI is InChI=1S/C22H39FO4Si.C13H25FO2Si.C9H14O2/c1-16(17(2)27-28(9,10)22(6,7)8)15-18(23)19(24)13-11-12-14-26-20(25)21(3,4)5;1-10(8-12(14)9-15)11(2)16-17(6,7)13(3,4)5;1-5-6-7-11-8(10)9(2,3)4/h15-17,19,24H,12,14H2,1-10H3;8-11H,1-7H3;1H,6-7H2,2-4H3/b18-15+;12-8+;/t16-,17+,19+;10-,11+;/m11./s1. The van der Waals surface area contributed by atoms with Crippen molar-refractivity contribution in [3.8, 4) is 24.2 Å². The lowest BCUT2D eigenvalue weighted by Crippen LogP contribution is -2.44. The SMILES string of the molecule is C#CCCOC(=O)C(C)(C)C.C[C@H](/C=C(/F)C=O)[C@H](C)O[Si](C)(C)C(C)(C)C.C[C@H](/C=C(/F)[C@@H](O)C#CCCOC(=O)C(C)(C)C)[C@H](C)O[Si](C)(C)C(C)(C)C. The van der Waals surface area contributed by atoms with Crippen molar-refractivity contribution in [3.05, 3.63) is 23.8 Å². The minimum Gasteiger partial charge on any atom is -0.464 e. The molecule has 0 fully saturated rings. The Kier molecular flexibility index (Phi) is 25.8. The van der Waals surface area contributed by atoms with Gasteiger partial charge in [0.25, 0.3) is 0 Å². The molecule has 324 valence electrons. The second kappa shape index (κ2) is 25.0. The largest absolute Gasteiger partial charge is 0.464 e. The lowest BCUT2D eigenvalue weighted by molar-refractivity contribution is -0.153. The zero-order valence-corrected chi connectivity index (χ0v) is 40.6. The summed E-state index contributed by atoms with van der Waals surface area (Å²) >= 11 is 0. The van der Waals surface area contributed by atoms with Gasteiger partial charge in [0.15, 0.2) is 34.9 Å². The number of halogens is 2. The fourth-order valence-electron chi connectivity index (χ4n) is 3.47. The summed E-state index contributed by atoms with van der Waals surface area (Å²) in [5.41, 5.74) is -0.990. The first-order chi connectivity index (χ1) is 25.0. The van der Waals surface area contributed by atoms with E-state index in [1.54, 1.807) is 20.8 Å². The predicted molar refractivity (Wildman–Crippen MR) is 231 cm³/mol. The molecule has 0 aliphatic rings. The Morgan fingerprint density at radius 2 is 1.05 bits per heavy atom. The number of hydrogen-bond acceptors (Lipinski definition) is 8. The fourth-order valence-corrected chi connectivity index (χ4v) is 6.46. The number of hydrogen-bond donors (Lipinski definition) is 1. The Labute approximate surface area is 342 Å². The van der Waals surface area contributed by atoms with Gasteiger partial charge in [-0.25, -0.2) is 8.78 Å². The molecule has 0 aromatic carbocycles. The van der Waals surface area contributed by atoms with Crippen molar-refractivity contribution in [1.82, 2.24) is 0 Å². The molecule has 56 heavy (non-hydrogen) atoms. The Hall–Kier alpha value is -2.62. The first-order valence-electron chi connectivity index (χ1n) is 19.5. The topological polar surface area (TPSA) is 108 Å². The molecular formula is C44H78F2O8Si2. The highest BCUT2D eigenvalue weighted by Crippen LogP contribution is 2.39. The highest BCUT2D eigenvalue weighted by molar-refractivity contribution is 6.74. The van der Waals surface area contributed by atoms with Crippen molar-refractivity contribution >= 4 is 34.9 Å².